The fourth-order valence-corrected chi connectivity index (χ4v) is 3.41. The molecule has 0 spiro atoms. The number of carbonyl (C=O) groups is 3. The Balaban J connectivity index is 1.89. The lowest BCUT2D eigenvalue weighted by atomic mass is 10.0. The number of fused-ring (bicyclic) bond motifs is 3. The Hall–Kier alpha value is -3.21. The van der Waals surface area contributed by atoms with Gasteiger partial charge in [0.25, 0.3) is 11.8 Å². The van der Waals surface area contributed by atoms with E-state index in [0.29, 0.717) is 5.69 Å². The molecule has 3 amide bonds. The minimum Gasteiger partial charge on any atom is -0.326 e. The first-order valence-electron chi connectivity index (χ1n) is 7.62. The van der Waals surface area contributed by atoms with Crippen LogP contribution in [0.4, 0.5) is 5.69 Å². The lowest BCUT2D eigenvalue weighted by molar-refractivity contribution is -0.138. The predicted molar refractivity (Wildman–Crippen MR) is 89.0 cm³/mol. The van der Waals surface area contributed by atoms with Crippen molar-refractivity contribution in [2.45, 2.75) is 13.0 Å². The lowest BCUT2D eigenvalue weighted by Gasteiger charge is -2.24. The van der Waals surface area contributed by atoms with Gasteiger partial charge < -0.3 is 5.32 Å². The van der Waals surface area contributed by atoms with Crippen LogP contribution in [0, 0.1) is 0 Å². The van der Waals surface area contributed by atoms with E-state index in [-0.39, 0.29) is 17.7 Å². The first kappa shape index (κ1) is 14.4. The van der Waals surface area contributed by atoms with E-state index in [1.807, 2.05) is 42.5 Å². The van der Waals surface area contributed by atoms with E-state index in [1.165, 1.54) is 24.0 Å². The predicted octanol–water partition coefficient (Wildman–Crippen LogP) is 2.64. The summed E-state index contributed by atoms with van der Waals surface area (Å²) in [6.45, 7) is 1.44. The van der Waals surface area contributed by atoms with E-state index >= 15 is 0 Å². The van der Waals surface area contributed by atoms with Gasteiger partial charge in [0, 0.05) is 24.8 Å². The molecule has 5 nitrogen and oxygen atoms in total. The van der Waals surface area contributed by atoms with Crippen LogP contribution in [0.15, 0.2) is 54.6 Å². The van der Waals surface area contributed by atoms with Crippen LogP contribution in [-0.2, 0) is 14.4 Å². The summed E-state index contributed by atoms with van der Waals surface area (Å²) in [6.07, 6.45) is 2.58. The van der Waals surface area contributed by atoms with Gasteiger partial charge in [0.15, 0.2) is 0 Å². The van der Waals surface area contributed by atoms with E-state index in [9.17, 15) is 14.4 Å². The fourth-order valence-electron chi connectivity index (χ4n) is 3.41. The van der Waals surface area contributed by atoms with Crippen LogP contribution in [0.2, 0.25) is 0 Å². The van der Waals surface area contributed by atoms with E-state index < -0.39 is 6.04 Å². The molecular weight excluding hydrogens is 304 g/mol. The van der Waals surface area contributed by atoms with E-state index in [4.69, 9.17) is 0 Å². The number of hydrogen-bond acceptors (Lipinski definition) is 3. The number of imide groups is 1. The molecule has 2 aromatic rings. The smallest absolute Gasteiger partial charge is 0.254 e. The van der Waals surface area contributed by atoms with Crippen molar-refractivity contribution in [2.24, 2.45) is 0 Å². The first-order valence-corrected chi connectivity index (χ1v) is 7.62. The van der Waals surface area contributed by atoms with Crippen LogP contribution in [0.3, 0.4) is 0 Å². The lowest BCUT2D eigenvalue weighted by Crippen LogP contribution is -2.34. The van der Waals surface area contributed by atoms with Crippen molar-refractivity contribution in [1.29, 1.82) is 0 Å². The summed E-state index contributed by atoms with van der Waals surface area (Å²) < 4.78 is 0. The van der Waals surface area contributed by atoms with Crippen LogP contribution in [0.1, 0.15) is 24.1 Å². The van der Waals surface area contributed by atoms with Crippen LogP contribution in [0.25, 0.3) is 11.1 Å². The molecule has 2 aromatic carbocycles. The molecule has 1 unspecified atom stereocenters. The maximum atomic E-state index is 12.2. The Labute approximate surface area is 138 Å². The summed E-state index contributed by atoms with van der Waals surface area (Å²) in [4.78, 5) is 37.0. The first-order chi connectivity index (χ1) is 11.6. The summed E-state index contributed by atoms with van der Waals surface area (Å²) in [5, 5.41) is 2.75. The standard InChI is InChI=1S/C19H14N2O3/c1-11(22)20-12-6-7-14-13-4-2-3-5-15(13)19(16(14)10-12)21-17(23)8-9-18(21)24/h2-10,19H,1H3,(H,20,22). The van der Waals surface area contributed by atoms with Gasteiger partial charge in [-0.05, 0) is 34.4 Å². The van der Waals surface area contributed by atoms with Crippen LogP contribution < -0.4 is 5.32 Å². The highest BCUT2D eigenvalue weighted by molar-refractivity contribution is 6.14. The number of hydrogen-bond donors (Lipinski definition) is 1. The molecule has 0 aromatic heterocycles. The highest BCUT2D eigenvalue weighted by atomic mass is 16.2. The highest BCUT2D eigenvalue weighted by Crippen LogP contribution is 2.47. The van der Waals surface area contributed by atoms with Gasteiger partial charge in [-0.25, -0.2) is 0 Å². The molecule has 0 saturated carbocycles. The SMILES string of the molecule is CC(=O)Nc1ccc2c(c1)C(N1C(=O)C=CC1=O)c1ccccc1-2. The van der Waals surface area contributed by atoms with Gasteiger partial charge in [-0.15, -0.1) is 0 Å². The molecule has 4 rings (SSSR count). The number of anilines is 1. The van der Waals surface area contributed by atoms with E-state index in [2.05, 4.69) is 5.32 Å². The molecule has 1 aliphatic heterocycles. The molecule has 118 valence electrons. The minimum atomic E-state index is -0.472. The van der Waals surface area contributed by atoms with Gasteiger partial charge in [-0.3, -0.25) is 19.3 Å². The van der Waals surface area contributed by atoms with Gasteiger partial charge in [0.2, 0.25) is 5.91 Å². The summed E-state index contributed by atoms with van der Waals surface area (Å²) in [6, 6.07) is 12.8. The molecule has 0 bridgehead atoms. The number of rotatable bonds is 2. The maximum absolute atomic E-state index is 12.2. The number of carbonyl (C=O) groups excluding carboxylic acids is 3. The third-order valence-corrected chi connectivity index (χ3v) is 4.31. The highest BCUT2D eigenvalue weighted by Gasteiger charge is 2.39. The molecule has 1 aliphatic carbocycles. The van der Waals surface area contributed by atoms with Gasteiger partial charge >= 0.3 is 0 Å². The molecular formula is C19H14N2O3. The van der Waals surface area contributed by atoms with Gasteiger partial charge in [0.05, 0.1) is 6.04 Å². The zero-order chi connectivity index (χ0) is 16.8. The summed E-state index contributed by atoms with van der Waals surface area (Å²) in [5.41, 5.74) is 4.37. The quantitative estimate of drug-likeness (QED) is 0.866. The van der Waals surface area contributed by atoms with Crippen LogP contribution in [-0.4, -0.2) is 22.6 Å². The Kier molecular flexibility index (Phi) is 3.09. The minimum absolute atomic E-state index is 0.169. The van der Waals surface area contributed by atoms with Gasteiger partial charge in [-0.2, -0.15) is 0 Å². The maximum Gasteiger partial charge on any atom is 0.254 e. The van der Waals surface area contributed by atoms with Crippen molar-refractivity contribution >= 4 is 23.4 Å². The Morgan fingerprint density at radius 3 is 2.33 bits per heavy atom. The number of nitrogens with zero attached hydrogens (tertiary/aromatic N) is 1. The Bertz CT molecular complexity index is 912. The number of benzene rings is 2. The number of nitrogens with one attached hydrogen (secondary N) is 1. The molecule has 0 radical (unpaired) electrons. The summed E-state index contributed by atoms with van der Waals surface area (Å²) in [5.74, 6) is -0.813. The van der Waals surface area contributed by atoms with Gasteiger partial charge in [0.1, 0.15) is 0 Å². The third-order valence-electron chi connectivity index (χ3n) is 4.31. The largest absolute Gasteiger partial charge is 0.326 e. The second-order valence-electron chi connectivity index (χ2n) is 5.85. The molecule has 24 heavy (non-hydrogen) atoms. The summed E-state index contributed by atoms with van der Waals surface area (Å²) in [7, 11) is 0. The molecule has 1 atom stereocenters. The fraction of sp³-hybridized carbons (Fsp3) is 0.105. The van der Waals surface area contributed by atoms with Crippen molar-refractivity contribution in [3.63, 3.8) is 0 Å². The second-order valence-corrected chi connectivity index (χ2v) is 5.85. The molecule has 1 heterocycles. The Morgan fingerprint density at radius 1 is 0.958 bits per heavy atom. The Morgan fingerprint density at radius 2 is 1.62 bits per heavy atom. The van der Waals surface area contributed by atoms with Crippen molar-refractivity contribution in [3.05, 3.63) is 65.7 Å². The molecule has 0 saturated heterocycles. The molecule has 2 aliphatic rings. The molecule has 0 fully saturated rings. The third kappa shape index (κ3) is 2.06. The normalized spacial score (nSPS) is 17.9. The van der Waals surface area contributed by atoms with E-state index in [0.717, 1.165) is 22.3 Å². The zero-order valence-corrected chi connectivity index (χ0v) is 12.9. The van der Waals surface area contributed by atoms with Crippen LogP contribution in [0.5, 0.6) is 0 Å². The summed E-state index contributed by atoms with van der Waals surface area (Å²) >= 11 is 0. The molecule has 5 heteroatoms. The van der Waals surface area contributed by atoms with Gasteiger partial charge in [-0.1, -0.05) is 30.3 Å². The topological polar surface area (TPSA) is 66.5 Å². The van der Waals surface area contributed by atoms with Crippen LogP contribution >= 0.6 is 0 Å². The van der Waals surface area contributed by atoms with Crippen molar-refractivity contribution in [3.8, 4) is 11.1 Å². The average molecular weight is 318 g/mol. The second kappa shape index (κ2) is 5.16. The van der Waals surface area contributed by atoms with E-state index in [1.54, 1.807) is 0 Å². The zero-order valence-electron chi connectivity index (χ0n) is 12.9. The number of amides is 3. The molecule has 1 N–H and O–H groups in total. The average Bonchev–Trinajstić information content (AvgIpc) is 3.04. The monoisotopic (exact) mass is 318 g/mol. The van der Waals surface area contributed by atoms with Crippen molar-refractivity contribution < 1.29 is 14.4 Å². The van der Waals surface area contributed by atoms with Crippen molar-refractivity contribution in [1.82, 2.24) is 4.90 Å². The van der Waals surface area contributed by atoms with Crippen molar-refractivity contribution in [2.75, 3.05) is 5.32 Å².